The first-order valence-corrected chi connectivity index (χ1v) is 12.0. The minimum Gasteiger partial charge on any atom is -0.345 e. The molecule has 0 amide bonds. The smallest absolute Gasteiger partial charge is 0.218 e. The normalized spacial score (nSPS) is 18.6. The zero-order valence-corrected chi connectivity index (χ0v) is 18.3. The number of Topliss-reactive ketones (excluding diaryl/α,β-unsaturated/α-hetero) is 1. The van der Waals surface area contributed by atoms with E-state index < -0.39 is 10.0 Å². The van der Waals surface area contributed by atoms with Crippen molar-refractivity contribution in [3.63, 3.8) is 0 Å². The molecule has 30 heavy (non-hydrogen) atoms. The Labute approximate surface area is 177 Å². The Morgan fingerprint density at radius 1 is 1.07 bits per heavy atom. The van der Waals surface area contributed by atoms with E-state index in [0.717, 1.165) is 17.0 Å². The highest BCUT2D eigenvalue weighted by Crippen LogP contribution is 2.38. The number of ketones is 1. The lowest BCUT2D eigenvalue weighted by molar-refractivity contribution is 0.0901. The number of rotatable bonds is 7. The Balaban J connectivity index is 1.34. The van der Waals surface area contributed by atoms with Crippen LogP contribution in [0.1, 0.15) is 46.2 Å². The van der Waals surface area contributed by atoms with Gasteiger partial charge in [-0.25, -0.2) is 12.8 Å². The third-order valence-corrected chi connectivity index (χ3v) is 7.90. The number of piperazine rings is 1. The molecule has 0 radical (unpaired) electrons. The van der Waals surface area contributed by atoms with Crippen LogP contribution in [0.5, 0.6) is 0 Å². The quantitative estimate of drug-likeness (QED) is 0.630. The Bertz CT molecular complexity index is 1030. The van der Waals surface area contributed by atoms with Crippen LogP contribution >= 0.6 is 0 Å². The molecule has 2 fully saturated rings. The summed E-state index contributed by atoms with van der Waals surface area (Å²) in [6.45, 7) is 6.13. The largest absolute Gasteiger partial charge is 0.345 e. The molecule has 2 heterocycles. The second-order valence-electron chi connectivity index (χ2n) is 8.37. The number of carbonyl (C=O) groups is 1. The standard InChI is InChI=1S/C22H28FN3O3S/c1-16-13-21(17(2)26(16)20-7-8-20)22(27)14-24-9-11-25(12-10-24)30(28,29)15-18-3-5-19(23)6-4-18/h3-6,13,20H,7-12,14-15H2,1-2H3. The SMILES string of the molecule is Cc1cc(C(=O)CN2CCN(S(=O)(=O)Cc3ccc(F)cc3)CC2)c(C)n1C1CC1. The molecule has 0 bridgehead atoms. The van der Waals surface area contributed by atoms with Gasteiger partial charge in [-0.3, -0.25) is 9.69 Å². The average molecular weight is 434 g/mol. The van der Waals surface area contributed by atoms with Crippen molar-refractivity contribution in [3.05, 3.63) is 58.7 Å². The highest BCUT2D eigenvalue weighted by molar-refractivity contribution is 7.88. The lowest BCUT2D eigenvalue weighted by Gasteiger charge is -2.33. The zero-order valence-electron chi connectivity index (χ0n) is 17.5. The molecular weight excluding hydrogens is 405 g/mol. The van der Waals surface area contributed by atoms with E-state index >= 15 is 0 Å². The number of halogens is 1. The molecule has 6 nitrogen and oxygen atoms in total. The number of carbonyl (C=O) groups excluding carboxylic acids is 1. The number of benzene rings is 1. The highest BCUT2D eigenvalue weighted by atomic mass is 32.2. The number of hydrogen-bond acceptors (Lipinski definition) is 4. The molecule has 4 rings (SSSR count). The summed E-state index contributed by atoms with van der Waals surface area (Å²) in [5, 5.41) is 0. The van der Waals surface area contributed by atoms with Gasteiger partial charge >= 0.3 is 0 Å². The van der Waals surface area contributed by atoms with Gasteiger partial charge in [0.2, 0.25) is 10.0 Å². The Hall–Kier alpha value is -2.03. The molecule has 2 aromatic rings. The number of hydrogen-bond donors (Lipinski definition) is 0. The van der Waals surface area contributed by atoms with Crippen molar-refractivity contribution >= 4 is 15.8 Å². The maximum atomic E-state index is 13.0. The first-order valence-electron chi connectivity index (χ1n) is 10.4. The van der Waals surface area contributed by atoms with Gasteiger partial charge in [0.15, 0.2) is 5.78 Å². The van der Waals surface area contributed by atoms with Crippen LogP contribution in [0.25, 0.3) is 0 Å². The number of aryl methyl sites for hydroxylation is 1. The molecule has 1 aromatic heterocycles. The number of nitrogens with zero attached hydrogens (tertiary/aromatic N) is 3. The van der Waals surface area contributed by atoms with E-state index in [1.165, 1.54) is 41.4 Å². The molecule has 2 aliphatic rings. The maximum Gasteiger partial charge on any atom is 0.218 e. The van der Waals surface area contributed by atoms with Gasteiger partial charge < -0.3 is 4.57 Å². The van der Waals surface area contributed by atoms with Crippen molar-refractivity contribution in [3.8, 4) is 0 Å². The fourth-order valence-electron chi connectivity index (χ4n) is 4.29. The van der Waals surface area contributed by atoms with Crippen molar-refractivity contribution in [2.75, 3.05) is 32.7 Å². The van der Waals surface area contributed by atoms with E-state index in [0.29, 0.717) is 44.3 Å². The first-order chi connectivity index (χ1) is 14.2. The topological polar surface area (TPSA) is 62.6 Å². The summed E-state index contributed by atoms with van der Waals surface area (Å²) in [7, 11) is -3.47. The third kappa shape index (κ3) is 4.50. The molecule has 1 saturated carbocycles. The third-order valence-electron chi connectivity index (χ3n) is 6.05. The molecule has 0 unspecified atom stereocenters. The molecule has 8 heteroatoms. The highest BCUT2D eigenvalue weighted by Gasteiger charge is 2.30. The van der Waals surface area contributed by atoms with E-state index in [1.54, 1.807) is 0 Å². The molecule has 0 atom stereocenters. The second kappa shape index (κ2) is 8.24. The van der Waals surface area contributed by atoms with Gasteiger partial charge in [-0.2, -0.15) is 4.31 Å². The Morgan fingerprint density at radius 2 is 1.70 bits per heavy atom. The fraction of sp³-hybridized carbons (Fsp3) is 0.500. The number of sulfonamides is 1. The molecule has 162 valence electrons. The maximum absolute atomic E-state index is 13.0. The van der Waals surface area contributed by atoms with E-state index in [1.807, 2.05) is 24.8 Å². The van der Waals surface area contributed by atoms with Crippen LogP contribution in [0.15, 0.2) is 30.3 Å². The van der Waals surface area contributed by atoms with Crippen LogP contribution in [0.4, 0.5) is 4.39 Å². The van der Waals surface area contributed by atoms with Crippen LogP contribution in [0.3, 0.4) is 0 Å². The zero-order chi connectivity index (χ0) is 21.5. The van der Waals surface area contributed by atoms with E-state index in [-0.39, 0.29) is 17.4 Å². The molecule has 1 aliphatic heterocycles. The van der Waals surface area contributed by atoms with E-state index in [9.17, 15) is 17.6 Å². The predicted octanol–water partition coefficient (Wildman–Crippen LogP) is 2.91. The number of aromatic nitrogens is 1. The average Bonchev–Trinajstić information content (AvgIpc) is 3.48. The predicted molar refractivity (Wildman–Crippen MR) is 114 cm³/mol. The summed E-state index contributed by atoms with van der Waals surface area (Å²) < 4.78 is 42.2. The first kappa shape index (κ1) is 21.2. The Kier molecular flexibility index (Phi) is 5.83. The van der Waals surface area contributed by atoms with Gasteiger partial charge in [0, 0.05) is 49.2 Å². The molecule has 1 aliphatic carbocycles. The minimum absolute atomic E-state index is 0.0950. The van der Waals surface area contributed by atoms with Crippen LogP contribution in [0.2, 0.25) is 0 Å². The van der Waals surface area contributed by atoms with Gasteiger partial charge in [0.1, 0.15) is 5.82 Å². The molecule has 1 aromatic carbocycles. The summed E-state index contributed by atoms with van der Waals surface area (Å²) >= 11 is 0. The van der Waals surface area contributed by atoms with Crippen molar-refractivity contribution < 1.29 is 17.6 Å². The van der Waals surface area contributed by atoms with Crippen molar-refractivity contribution in [2.45, 2.75) is 38.5 Å². The summed E-state index contributed by atoms with van der Waals surface area (Å²) in [5.74, 6) is -0.427. The van der Waals surface area contributed by atoms with Crippen LogP contribution in [-0.4, -0.2) is 60.7 Å². The van der Waals surface area contributed by atoms with Crippen LogP contribution in [0, 0.1) is 19.7 Å². The van der Waals surface area contributed by atoms with E-state index in [2.05, 4.69) is 4.57 Å². The molecular formula is C22H28FN3O3S. The summed E-state index contributed by atoms with van der Waals surface area (Å²) in [5.41, 5.74) is 3.53. The lowest BCUT2D eigenvalue weighted by atomic mass is 10.1. The fourth-order valence-corrected chi connectivity index (χ4v) is 5.81. The van der Waals surface area contributed by atoms with Crippen molar-refractivity contribution in [1.29, 1.82) is 0 Å². The van der Waals surface area contributed by atoms with E-state index in [4.69, 9.17) is 0 Å². The Morgan fingerprint density at radius 3 is 2.30 bits per heavy atom. The minimum atomic E-state index is -3.47. The van der Waals surface area contributed by atoms with Gasteiger partial charge in [-0.05, 0) is 50.5 Å². The van der Waals surface area contributed by atoms with Crippen molar-refractivity contribution in [2.24, 2.45) is 0 Å². The molecule has 1 saturated heterocycles. The van der Waals surface area contributed by atoms with Crippen LogP contribution in [-0.2, 0) is 15.8 Å². The van der Waals surface area contributed by atoms with Gasteiger partial charge in [0.05, 0.1) is 12.3 Å². The van der Waals surface area contributed by atoms with Gasteiger partial charge in [-0.1, -0.05) is 12.1 Å². The monoisotopic (exact) mass is 433 g/mol. The summed E-state index contributed by atoms with van der Waals surface area (Å²) in [6, 6.07) is 8.07. The second-order valence-corrected chi connectivity index (χ2v) is 10.3. The summed E-state index contributed by atoms with van der Waals surface area (Å²) in [6.07, 6.45) is 2.36. The van der Waals surface area contributed by atoms with Crippen LogP contribution < -0.4 is 0 Å². The summed E-state index contributed by atoms with van der Waals surface area (Å²) in [4.78, 5) is 14.9. The van der Waals surface area contributed by atoms with Gasteiger partial charge in [-0.15, -0.1) is 0 Å². The molecule has 0 spiro atoms. The van der Waals surface area contributed by atoms with Crippen molar-refractivity contribution in [1.82, 2.24) is 13.8 Å². The lowest BCUT2D eigenvalue weighted by Crippen LogP contribution is -2.50. The van der Waals surface area contributed by atoms with Gasteiger partial charge in [0.25, 0.3) is 0 Å². The molecule has 0 N–H and O–H groups in total.